The molecule has 0 rings (SSSR count). The Kier molecular flexibility index (Phi) is 30.9. The van der Waals surface area contributed by atoms with E-state index in [1.807, 2.05) is 16.3 Å². The molecule has 0 bridgehead atoms. The van der Waals surface area contributed by atoms with E-state index >= 15 is 0 Å². The van der Waals surface area contributed by atoms with Crippen LogP contribution in [0, 0.1) is 0 Å². The third-order valence-electron chi connectivity index (χ3n) is 0. The van der Waals surface area contributed by atoms with E-state index in [1.165, 1.54) is 0 Å². The maximum atomic E-state index is 8.94. The van der Waals surface area contributed by atoms with Gasteiger partial charge in [0.25, 0.3) is 6.47 Å². The summed E-state index contributed by atoms with van der Waals surface area (Å²) in [7, 11) is 0. The first-order chi connectivity index (χ1) is 3.15. The van der Waals surface area contributed by atoms with Gasteiger partial charge in [-0.25, -0.2) is 0 Å². The first kappa shape index (κ1) is 15.7. The van der Waals surface area contributed by atoms with Gasteiger partial charge >= 0.3 is 31.0 Å². The van der Waals surface area contributed by atoms with E-state index in [4.69, 9.17) is 19.8 Å². The molecule has 2 N–H and O–H groups in total. The van der Waals surface area contributed by atoms with Crippen molar-refractivity contribution in [2.24, 2.45) is 0 Å². The topological polar surface area (TPSA) is 74.6 Å². The molecule has 0 heterocycles. The number of hydrogen-bond donors (Lipinski definition) is 2. The van der Waals surface area contributed by atoms with E-state index in [0.717, 1.165) is 0 Å². The van der Waals surface area contributed by atoms with E-state index in [1.54, 1.807) is 0 Å². The van der Waals surface area contributed by atoms with Crippen molar-refractivity contribution in [2.45, 2.75) is 0 Å². The summed E-state index contributed by atoms with van der Waals surface area (Å²) in [6.07, 6.45) is 0. The Bertz CT molecular complexity index is 59.1. The quantitative estimate of drug-likeness (QED) is 0.529. The molecule has 0 unspecified atom stereocenters. The zero-order valence-electron chi connectivity index (χ0n) is 3.60. The summed E-state index contributed by atoms with van der Waals surface area (Å²) in [6.45, 7) is -0.250. The summed E-state index contributed by atoms with van der Waals surface area (Å²) in [6, 6.07) is 0. The van der Waals surface area contributed by atoms with Gasteiger partial charge in [-0.3, -0.25) is 4.79 Å². The second-order valence-corrected chi connectivity index (χ2v) is 0.917. The van der Waals surface area contributed by atoms with Crippen LogP contribution in [0.15, 0.2) is 0 Å². The summed E-state index contributed by atoms with van der Waals surface area (Å²) in [5.41, 5.74) is 0. The van der Waals surface area contributed by atoms with Crippen LogP contribution in [0.4, 0.5) is 4.79 Å². The minimum absolute atomic E-state index is 0. The molecule has 8 heavy (non-hydrogen) atoms. The van der Waals surface area contributed by atoms with Gasteiger partial charge in [-0.1, -0.05) is 0 Å². The van der Waals surface area contributed by atoms with Crippen LogP contribution in [0.3, 0.4) is 0 Å². The molecule has 6 heteroatoms. The van der Waals surface area contributed by atoms with Crippen LogP contribution in [-0.4, -0.2) is 21.5 Å². The first-order valence-electron chi connectivity index (χ1n) is 1.13. The number of carboxylic acid groups (broad SMARTS) is 2. The fourth-order valence-corrected chi connectivity index (χ4v) is 0. The molecule has 0 saturated carbocycles. The van der Waals surface area contributed by atoms with E-state index in [2.05, 4.69) is 0 Å². The Labute approximate surface area is 65.1 Å². The van der Waals surface area contributed by atoms with E-state index in [-0.39, 0.29) is 23.8 Å². The maximum Gasteiger partial charge on any atom is 0 e. The first-order valence-corrected chi connectivity index (χ1v) is 1.76. The SMILES string of the molecule is O=CO.O=[C](O)[Cr].[Cr]. The third kappa shape index (κ3) is 6180000. The third-order valence-corrected chi connectivity index (χ3v) is 0. The summed E-state index contributed by atoms with van der Waals surface area (Å²) < 4.78 is 0. The molecule has 0 aliphatic rings. The number of rotatable bonds is 0. The smallest absolute Gasteiger partial charge is 0 e. The van der Waals surface area contributed by atoms with Gasteiger partial charge in [-0.05, 0) is 0 Å². The van der Waals surface area contributed by atoms with Crippen LogP contribution in [0.5, 0.6) is 0 Å². The summed E-state index contributed by atoms with van der Waals surface area (Å²) >= 11 is 1.82. The molecule has 0 aromatic carbocycles. The van der Waals surface area contributed by atoms with Crippen molar-refractivity contribution in [1.29, 1.82) is 0 Å². The Morgan fingerprint density at radius 2 is 1.62 bits per heavy atom. The zero-order valence-corrected chi connectivity index (χ0v) is 6.15. The molecule has 0 atom stereocenters. The van der Waals surface area contributed by atoms with Crippen molar-refractivity contribution in [3.8, 4) is 0 Å². The second kappa shape index (κ2) is 15.7. The van der Waals surface area contributed by atoms with Crippen molar-refractivity contribution in [1.82, 2.24) is 0 Å². The van der Waals surface area contributed by atoms with Crippen LogP contribution in [-0.2, 0) is 38.4 Å². The predicted molar refractivity (Wildman–Crippen MR) is 16.7 cm³/mol. The van der Waals surface area contributed by atoms with Crippen LogP contribution < -0.4 is 0 Å². The van der Waals surface area contributed by atoms with Crippen LogP contribution in [0.1, 0.15) is 0 Å². The van der Waals surface area contributed by atoms with Crippen molar-refractivity contribution in [3.05, 3.63) is 0 Å². The van der Waals surface area contributed by atoms with Crippen molar-refractivity contribution in [2.75, 3.05) is 0 Å². The molecule has 0 aromatic rings. The molecule has 4 nitrogen and oxygen atoms in total. The molecule has 47 valence electrons. The molecule has 0 radical (unpaired) electrons. The molecule has 0 saturated heterocycles. The van der Waals surface area contributed by atoms with Crippen LogP contribution in [0.2, 0.25) is 0 Å². The average molecular weight is 195 g/mol. The molecule has 0 spiro atoms. The summed E-state index contributed by atoms with van der Waals surface area (Å²) in [5, 5.41) is 14.2. The van der Waals surface area contributed by atoms with Gasteiger partial charge in [0.05, 0.1) is 0 Å². The van der Waals surface area contributed by atoms with Gasteiger partial charge in [0.1, 0.15) is 0 Å². The summed E-state index contributed by atoms with van der Waals surface area (Å²) in [4.78, 5) is 16.3. The molecular formula is C2H3Cr2O4. The molecule has 0 aliphatic carbocycles. The Morgan fingerprint density at radius 1 is 1.62 bits per heavy atom. The van der Waals surface area contributed by atoms with Gasteiger partial charge in [-0.2, -0.15) is 0 Å². The van der Waals surface area contributed by atoms with Gasteiger partial charge in [0.15, 0.2) is 0 Å². The number of hydrogen-bond acceptors (Lipinski definition) is 2. The van der Waals surface area contributed by atoms with Crippen molar-refractivity contribution >= 4 is 11.3 Å². The van der Waals surface area contributed by atoms with E-state index < -0.39 is 4.83 Å². The Morgan fingerprint density at radius 3 is 1.62 bits per heavy atom. The largest absolute Gasteiger partial charge is 0 e. The monoisotopic (exact) mass is 195 g/mol. The number of carbonyl (C=O) groups is 2. The average Bonchev–Trinajstić information content (AvgIpc) is 1.33. The predicted octanol–water partition coefficient (Wildman–Crippen LogP) is -0.0905. The molecule has 0 fully saturated rings. The normalized spacial score (nSPS) is 4.50. The van der Waals surface area contributed by atoms with Gasteiger partial charge in [0, 0.05) is 17.4 Å². The Balaban J connectivity index is -0.0000000575. The fraction of sp³-hybridized carbons (Fsp3) is 0. The molecule has 0 aromatic heterocycles. The molecule has 0 amide bonds. The fourth-order valence-electron chi connectivity index (χ4n) is 0. The van der Waals surface area contributed by atoms with Gasteiger partial charge in [0.2, 0.25) is 0 Å². The summed E-state index contributed by atoms with van der Waals surface area (Å²) in [5.74, 6) is 0. The van der Waals surface area contributed by atoms with Crippen LogP contribution >= 0.6 is 0 Å². The van der Waals surface area contributed by atoms with E-state index in [9.17, 15) is 0 Å². The minimum atomic E-state index is -0.958. The molecular weight excluding hydrogens is 192 g/mol. The Hall–Kier alpha value is 0.00494. The second-order valence-electron chi connectivity index (χ2n) is 0.371. The standard InChI is InChI=1S/CH2O2.CHO2.2Cr/c2*2-1-3;;/h1H,(H,2,3);(H,2,3);;. The zero-order chi connectivity index (χ0) is 6.28. The minimum Gasteiger partial charge on any atom is 0 e. The molecule has 0 aliphatic heterocycles. The maximum absolute atomic E-state index is 8.94. The van der Waals surface area contributed by atoms with Crippen molar-refractivity contribution < 1.29 is 53.5 Å². The van der Waals surface area contributed by atoms with Crippen molar-refractivity contribution in [3.63, 3.8) is 0 Å². The van der Waals surface area contributed by atoms with Gasteiger partial charge < -0.3 is 5.11 Å². The van der Waals surface area contributed by atoms with E-state index in [0.29, 0.717) is 0 Å². The van der Waals surface area contributed by atoms with Crippen LogP contribution in [0.25, 0.3) is 0 Å². The van der Waals surface area contributed by atoms with Gasteiger partial charge in [-0.15, -0.1) is 0 Å².